The second kappa shape index (κ2) is 7.26. The van der Waals surface area contributed by atoms with Gasteiger partial charge in [-0.25, -0.2) is 4.39 Å². The van der Waals surface area contributed by atoms with Gasteiger partial charge in [0, 0.05) is 13.0 Å². The molecule has 0 aliphatic rings. The smallest absolute Gasteiger partial charge is 0.352 e. The fraction of sp³-hybridized carbons (Fsp3) is 0.235. The van der Waals surface area contributed by atoms with Gasteiger partial charge in [-0.1, -0.05) is 24.3 Å². The van der Waals surface area contributed by atoms with E-state index in [1.807, 2.05) is 0 Å². The van der Waals surface area contributed by atoms with Gasteiger partial charge in [0.05, 0.1) is 5.56 Å². The molecule has 0 bridgehead atoms. The monoisotopic (exact) mass is 325 g/mol. The summed E-state index contributed by atoms with van der Waals surface area (Å²) in [4.78, 5) is 11.7. The van der Waals surface area contributed by atoms with Crippen LogP contribution in [0.15, 0.2) is 48.5 Å². The summed E-state index contributed by atoms with van der Waals surface area (Å²) in [6.45, 7) is 0.167. The lowest BCUT2D eigenvalue weighted by molar-refractivity contribution is -0.137. The average molecular weight is 325 g/mol. The van der Waals surface area contributed by atoms with Crippen molar-refractivity contribution in [1.29, 1.82) is 0 Å². The van der Waals surface area contributed by atoms with E-state index in [-0.39, 0.29) is 24.7 Å². The van der Waals surface area contributed by atoms with Crippen LogP contribution in [0.4, 0.5) is 17.6 Å². The fourth-order valence-electron chi connectivity index (χ4n) is 2.01. The van der Waals surface area contributed by atoms with Gasteiger partial charge >= 0.3 is 6.18 Å². The van der Waals surface area contributed by atoms with Crippen LogP contribution in [0.3, 0.4) is 0 Å². The number of carbonyl (C=O) groups excluding carboxylic acids is 1. The highest BCUT2D eigenvalue weighted by Gasteiger charge is 2.29. The number of amides is 1. The molecule has 2 aromatic rings. The third-order valence-electron chi connectivity index (χ3n) is 3.32. The Morgan fingerprint density at radius 1 is 0.913 bits per heavy atom. The van der Waals surface area contributed by atoms with Crippen molar-refractivity contribution in [3.8, 4) is 0 Å². The third-order valence-corrected chi connectivity index (χ3v) is 3.32. The Morgan fingerprint density at radius 2 is 1.48 bits per heavy atom. The summed E-state index contributed by atoms with van der Waals surface area (Å²) in [5.41, 5.74) is 0.716. The molecule has 23 heavy (non-hydrogen) atoms. The number of hydrogen-bond donors (Lipinski definition) is 1. The van der Waals surface area contributed by atoms with Crippen LogP contribution in [-0.4, -0.2) is 5.91 Å². The van der Waals surface area contributed by atoms with Gasteiger partial charge in [-0.3, -0.25) is 4.79 Å². The van der Waals surface area contributed by atoms with Gasteiger partial charge < -0.3 is 5.32 Å². The summed E-state index contributed by atoms with van der Waals surface area (Å²) < 4.78 is 50.0. The number of nitrogens with one attached hydrogen (secondary N) is 1. The minimum atomic E-state index is -4.36. The molecule has 0 aromatic heterocycles. The van der Waals surface area contributed by atoms with Gasteiger partial charge in [0.25, 0.3) is 0 Å². The van der Waals surface area contributed by atoms with Crippen molar-refractivity contribution >= 4 is 5.91 Å². The lowest BCUT2D eigenvalue weighted by atomic mass is 10.1. The Kier molecular flexibility index (Phi) is 5.36. The van der Waals surface area contributed by atoms with Crippen LogP contribution >= 0.6 is 0 Å². The molecule has 0 heterocycles. The van der Waals surface area contributed by atoms with Crippen molar-refractivity contribution in [2.45, 2.75) is 25.6 Å². The molecule has 6 heteroatoms. The van der Waals surface area contributed by atoms with Crippen molar-refractivity contribution in [3.05, 3.63) is 71.0 Å². The van der Waals surface area contributed by atoms with Crippen molar-refractivity contribution in [2.75, 3.05) is 0 Å². The van der Waals surface area contributed by atoms with Crippen LogP contribution in [0.1, 0.15) is 23.1 Å². The fourth-order valence-corrected chi connectivity index (χ4v) is 2.01. The van der Waals surface area contributed by atoms with Crippen LogP contribution < -0.4 is 5.32 Å². The van der Waals surface area contributed by atoms with E-state index in [2.05, 4.69) is 5.32 Å². The second-order valence-electron chi connectivity index (χ2n) is 5.10. The van der Waals surface area contributed by atoms with Crippen LogP contribution in [0.5, 0.6) is 0 Å². The first-order chi connectivity index (χ1) is 10.8. The molecule has 122 valence electrons. The maximum absolute atomic E-state index is 12.7. The van der Waals surface area contributed by atoms with Gasteiger partial charge in [-0.15, -0.1) is 0 Å². The highest BCUT2D eigenvalue weighted by Crippen LogP contribution is 2.29. The summed E-state index contributed by atoms with van der Waals surface area (Å²) in [5.74, 6) is -0.547. The van der Waals surface area contributed by atoms with E-state index in [9.17, 15) is 22.4 Å². The van der Waals surface area contributed by atoms with Gasteiger partial charge in [0.2, 0.25) is 5.91 Å². The van der Waals surface area contributed by atoms with E-state index >= 15 is 0 Å². The highest BCUT2D eigenvalue weighted by molar-refractivity contribution is 5.76. The first-order valence-electron chi connectivity index (χ1n) is 7.02. The molecule has 1 N–H and O–H groups in total. The molecule has 1 amide bonds. The molecular formula is C17H15F4NO. The van der Waals surface area contributed by atoms with Gasteiger partial charge in [-0.2, -0.15) is 13.2 Å². The maximum Gasteiger partial charge on any atom is 0.416 e. The molecule has 2 nitrogen and oxygen atoms in total. The molecule has 2 rings (SSSR count). The van der Waals surface area contributed by atoms with E-state index in [1.54, 1.807) is 12.1 Å². The predicted octanol–water partition coefficient (Wildman–Crippen LogP) is 4.09. The lowest BCUT2D eigenvalue weighted by Gasteiger charge is -2.09. The van der Waals surface area contributed by atoms with E-state index in [0.717, 1.165) is 17.7 Å². The van der Waals surface area contributed by atoms with Crippen LogP contribution in [-0.2, 0) is 23.9 Å². The van der Waals surface area contributed by atoms with Crippen LogP contribution in [0.2, 0.25) is 0 Å². The normalized spacial score (nSPS) is 11.3. The summed E-state index contributed by atoms with van der Waals surface area (Å²) in [5, 5.41) is 2.64. The zero-order valence-electron chi connectivity index (χ0n) is 12.2. The van der Waals surface area contributed by atoms with Gasteiger partial charge in [-0.05, 0) is 41.8 Å². The van der Waals surface area contributed by atoms with Crippen molar-refractivity contribution < 1.29 is 22.4 Å². The van der Waals surface area contributed by atoms with Gasteiger partial charge in [0.15, 0.2) is 0 Å². The summed E-state index contributed by atoms with van der Waals surface area (Å²) in [6, 6.07) is 10.5. The Morgan fingerprint density at radius 3 is 2.04 bits per heavy atom. The molecule has 0 radical (unpaired) electrons. The van der Waals surface area contributed by atoms with Crippen LogP contribution in [0.25, 0.3) is 0 Å². The van der Waals surface area contributed by atoms with Crippen molar-refractivity contribution in [1.82, 2.24) is 5.32 Å². The summed E-state index contributed by atoms with van der Waals surface area (Å²) in [7, 11) is 0. The molecule has 0 unspecified atom stereocenters. The Bertz CT molecular complexity index is 648. The number of carbonyl (C=O) groups is 1. The minimum Gasteiger partial charge on any atom is -0.352 e. The van der Waals surface area contributed by atoms with Gasteiger partial charge in [0.1, 0.15) is 5.82 Å². The Labute approximate surface area is 131 Å². The molecular weight excluding hydrogens is 310 g/mol. The molecule has 0 fully saturated rings. The molecule has 0 saturated carbocycles. The molecule has 2 aromatic carbocycles. The zero-order valence-corrected chi connectivity index (χ0v) is 12.2. The molecule has 0 spiro atoms. The Hall–Kier alpha value is -2.37. The molecule has 0 aliphatic carbocycles. The van der Waals surface area contributed by atoms with E-state index in [1.165, 1.54) is 24.3 Å². The number of hydrogen-bond acceptors (Lipinski definition) is 1. The molecule has 0 aliphatic heterocycles. The van der Waals surface area contributed by atoms with Crippen molar-refractivity contribution in [2.24, 2.45) is 0 Å². The van der Waals surface area contributed by atoms with Crippen LogP contribution in [0, 0.1) is 5.82 Å². The maximum atomic E-state index is 12.7. The largest absolute Gasteiger partial charge is 0.416 e. The van der Waals surface area contributed by atoms with E-state index in [0.29, 0.717) is 12.0 Å². The highest BCUT2D eigenvalue weighted by atomic mass is 19.4. The topological polar surface area (TPSA) is 29.1 Å². The molecule has 0 saturated heterocycles. The number of benzene rings is 2. The summed E-state index contributed by atoms with van der Waals surface area (Å²) in [6.07, 6.45) is -3.66. The first-order valence-corrected chi connectivity index (χ1v) is 7.02. The average Bonchev–Trinajstić information content (AvgIpc) is 2.52. The lowest BCUT2D eigenvalue weighted by Crippen LogP contribution is -2.23. The second-order valence-corrected chi connectivity index (χ2v) is 5.10. The number of aryl methyl sites for hydroxylation is 1. The predicted molar refractivity (Wildman–Crippen MR) is 78.0 cm³/mol. The van der Waals surface area contributed by atoms with E-state index < -0.39 is 11.7 Å². The van der Waals surface area contributed by atoms with Crippen molar-refractivity contribution in [3.63, 3.8) is 0 Å². The third kappa shape index (κ3) is 5.39. The van der Waals surface area contributed by atoms with E-state index in [4.69, 9.17) is 0 Å². The minimum absolute atomic E-state index is 0.167. The first kappa shape index (κ1) is 17.0. The summed E-state index contributed by atoms with van der Waals surface area (Å²) >= 11 is 0. The Balaban J connectivity index is 1.79. The number of rotatable bonds is 5. The molecule has 0 atom stereocenters. The standard InChI is InChI=1S/C17H15F4NO/c18-15-8-3-12(4-9-15)5-10-16(23)22-11-13-1-6-14(7-2-13)17(19,20)21/h1-4,6-9H,5,10-11H2,(H,22,23). The number of halogens is 4. The number of alkyl halides is 3. The zero-order chi connectivity index (χ0) is 16.9. The quantitative estimate of drug-likeness (QED) is 0.824. The SMILES string of the molecule is O=C(CCc1ccc(F)cc1)NCc1ccc(C(F)(F)F)cc1.